The van der Waals surface area contributed by atoms with Gasteiger partial charge in [0.1, 0.15) is 22.7 Å². The lowest BCUT2D eigenvalue weighted by molar-refractivity contribution is -0.111. The number of nitrogens with zero attached hydrogens (tertiary/aromatic N) is 2. The maximum absolute atomic E-state index is 12.3. The molecule has 0 fully saturated rings. The number of methoxy groups -OCH3 is 1. The summed E-state index contributed by atoms with van der Waals surface area (Å²) in [5, 5.41) is 8.45. The predicted molar refractivity (Wildman–Crippen MR) is 128 cm³/mol. The van der Waals surface area contributed by atoms with Crippen LogP contribution >= 0.6 is 34.5 Å². The SMILES string of the molecule is COc1ccc(/C=C/C(=O)Nc2cc3c(Nc4ccc(Cl)c(Cl)c4)ncnc3s2)cc1. The van der Waals surface area contributed by atoms with Crippen molar-refractivity contribution in [2.75, 3.05) is 17.7 Å². The standard InChI is InChI=1S/C22H16Cl2N4O2S/c1-30-15-6-2-13(3-7-15)4-9-19(29)28-20-11-16-21(25-12-26-22(16)31-20)27-14-5-8-17(23)18(24)10-14/h2-12H,1H3,(H,28,29)(H,25,26,27)/b9-4+. The fourth-order valence-corrected chi connectivity index (χ4v) is 3.98. The predicted octanol–water partition coefficient (Wildman–Crippen LogP) is 6.40. The molecule has 2 N–H and O–H groups in total. The van der Waals surface area contributed by atoms with Crippen LogP contribution in [0, 0.1) is 0 Å². The van der Waals surface area contributed by atoms with E-state index in [9.17, 15) is 4.79 Å². The third kappa shape index (κ3) is 5.14. The minimum atomic E-state index is -0.241. The quantitative estimate of drug-likeness (QED) is 0.318. The van der Waals surface area contributed by atoms with Crippen LogP contribution in [0.2, 0.25) is 10.0 Å². The van der Waals surface area contributed by atoms with E-state index in [1.165, 1.54) is 23.7 Å². The Morgan fingerprint density at radius 3 is 2.61 bits per heavy atom. The van der Waals surface area contributed by atoms with Gasteiger partial charge in [-0.15, -0.1) is 0 Å². The van der Waals surface area contributed by atoms with Crippen molar-refractivity contribution in [1.29, 1.82) is 0 Å². The van der Waals surface area contributed by atoms with Crippen molar-refractivity contribution in [3.8, 4) is 5.75 Å². The molecule has 0 atom stereocenters. The highest BCUT2D eigenvalue weighted by Crippen LogP contribution is 2.34. The topological polar surface area (TPSA) is 76.1 Å². The molecule has 4 aromatic rings. The minimum Gasteiger partial charge on any atom is -0.497 e. The number of fused-ring (bicyclic) bond motifs is 1. The van der Waals surface area contributed by atoms with E-state index in [0.29, 0.717) is 20.9 Å². The molecule has 6 nitrogen and oxygen atoms in total. The largest absolute Gasteiger partial charge is 0.497 e. The summed E-state index contributed by atoms with van der Waals surface area (Å²) in [6.07, 6.45) is 4.68. The summed E-state index contributed by atoms with van der Waals surface area (Å²) in [5.74, 6) is 1.13. The molecule has 9 heteroatoms. The van der Waals surface area contributed by atoms with Gasteiger partial charge >= 0.3 is 0 Å². The van der Waals surface area contributed by atoms with Gasteiger partial charge in [0.2, 0.25) is 5.91 Å². The molecule has 0 bridgehead atoms. The van der Waals surface area contributed by atoms with E-state index < -0.39 is 0 Å². The summed E-state index contributed by atoms with van der Waals surface area (Å²) in [5.41, 5.74) is 1.64. The third-order valence-corrected chi connectivity index (χ3v) is 6.00. The van der Waals surface area contributed by atoms with Gasteiger partial charge in [-0.25, -0.2) is 9.97 Å². The second-order valence-electron chi connectivity index (χ2n) is 6.40. The van der Waals surface area contributed by atoms with Gasteiger partial charge in [-0.05, 0) is 48.0 Å². The Kier molecular flexibility index (Phi) is 6.36. The van der Waals surface area contributed by atoms with Gasteiger partial charge in [-0.2, -0.15) is 0 Å². The third-order valence-electron chi connectivity index (χ3n) is 4.30. The highest BCUT2D eigenvalue weighted by molar-refractivity contribution is 7.22. The van der Waals surface area contributed by atoms with Crippen LogP contribution in [0.3, 0.4) is 0 Å². The first-order chi connectivity index (χ1) is 15.0. The smallest absolute Gasteiger partial charge is 0.248 e. The summed E-state index contributed by atoms with van der Waals surface area (Å²) in [7, 11) is 1.61. The molecule has 0 saturated heterocycles. The number of carbonyl (C=O) groups excluding carboxylic acids is 1. The van der Waals surface area contributed by atoms with Crippen LogP contribution < -0.4 is 15.4 Å². The molecule has 2 aromatic carbocycles. The van der Waals surface area contributed by atoms with Crippen LogP contribution in [0.1, 0.15) is 5.56 Å². The number of aromatic nitrogens is 2. The molecule has 0 unspecified atom stereocenters. The minimum absolute atomic E-state index is 0.241. The van der Waals surface area contributed by atoms with Gasteiger partial charge in [0, 0.05) is 11.8 Å². The van der Waals surface area contributed by atoms with Crippen molar-refractivity contribution in [2.24, 2.45) is 0 Å². The zero-order valence-corrected chi connectivity index (χ0v) is 18.6. The number of carbonyl (C=O) groups is 1. The monoisotopic (exact) mass is 470 g/mol. The maximum atomic E-state index is 12.3. The van der Waals surface area contributed by atoms with Crippen LogP contribution in [-0.4, -0.2) is 23.0 Å². The van der Waals surface area contributed by atoms with E-state index in [-0.39, 0.29) is 5.91 Å². The Balaban J connectivity index is 1.49. The van der Waals surface area contributed by atoms with Crippen molar-refractivity contribution < 1.29 is 9.53 Å². The van der Waals surface area contributed by atoms with Crippen LogP contribution in [0.25, 0.3) is 16.3 Å². The van der Waals surface area contributed by atoms with E-state index in [1.54, 1.807) is 31.4 Å². The molecular formula is C22H16Cl2N4O2S. The second kappa shape index (κ2) is 9.34. The number of benzene rings is 2. The van der Waals surface area contributed by atoms with Crippen molar-refractivity contribution in [3.05, 3.63) is 76.5 Å². The lowest BCUT2D eigenvalue weighted by Gasteiger charge is -2.07. The Labute approximate surface area is 192 Å². The lowest BCUT2D eigenvalue weighted by atomic mass is 10.2. The average Bonchev–Trinajstić information content (AvgIpc) is 3.18. The number of halogens is 2. The van der Waals surface area contributed by atoms with Crippen LogP contribution in [0.15, 0.2) is 60.9 Å². The molecule has 0 aliphatic carbocycles. The molecule has 0 spiro atoms. The van der Waals surface area contributed by atoms with Crippen molar-refractivity contribution >= 4 is 73.2 Å². The van der Waals surface area contributed by atoms with Gasteiger partial charge in [0.25, 0.3) is 0 Å². The van der Waals surface area contributed by atoms with Gasteiger partial charge in [0.05, 0.1) is 27.5 Å². The number of hydrogen-bond acceptors (Lipinski definition) is 6. The highest BCUT2D eigenvalue weighted by Gasteiger charge is 2.11. The van der Waals surface area contributed by atoms with E-state index in [2.05, 4.69) is 20.6 Å². The number of thiophene rings is 1. The highest BCUT2D eigenvalue weighted by atomic mass is 35.5. The normalized spacial score (nSPS) is 11.1. The summed E-state index contributed by atoms with van der Waals surface area (Å²) in [4.78, 5) is 21.7. The fraction of sp³-hybridized carbons (Fsp3) is 0.0455. The maximum Gasteiger partial charge on any atom is 0.248 e. The first-order valence-electron chi connectivity index (χ1n) is 9.11. The van der Waals surface area contributed by atoms with Crippen LogP contribution in [0.4, 0.5) is 16.5 Å². The van der Waals surface area contributed by atoms with Crippen molar-refractivity contribution in [1.82, 2.24) is 9.97 Å². The van der Waals surface area contributed by atoms with Crippen LogP contribution in [-0.2, 0) is 4.79 Å². The summed E-state index contributed by atoms with van der Waals surface area (Å²) >= 11 is 13.4. The molecular weight excluding hydrogens is 455 g/mol. The first-order valence-corrected chi connectivity index (χ1v) is 10.7. The summed E-state index contributed by atoms with van der Waals surface area (Å²) in [6, 6.07) is 14.5. The fourth-order valence-electron chi connectivity index (χ4n) is 2.78. The Bertz CT molecular complexity index is 1270. The molecule has 0 aliphatic heterocycles. The van der Waals surface area contributed by atoms with Gasteiger partial charge < -0.3 is 15.4 Å². The van der Waals surface area contributed by atoms with Crippen LogP contribution in [0.5, 0.6) is 5.75 Å². The summed E-state index contributed by atoms with van der Waals surface area (Å²) in [6.45, 7) is 0. The average molecular weight is 471 g/mol. The molecule has 1 amide bonds. The molecule has 0 saturated carbocycles. The number of rotatable bonds is 6. The second-order valence-corrected chi connectivity index (χ2v) is 8.25. The number of anilines is 3. The summed E-state index contributed by atoms with van der Waals surface area (Å²) < 4.78 is 5.13. The van der Waals surface area contributed by atoms with E-state index in [0.717, 1.165) is 27.2 Å². The molecule has 156 valence electrons. The molecule has 4 rings (SSSR count). The first kappa shape index (κ1) is 21.1. The molecule has 0 radical (unpaired) electrons. The van der Waals surface area contributed by atoms with Gasteiger partial charge in [-0.3, -0.25) is 4.79 Å². The van der Waals surface area contributed by atoms with Crippen molar-refractivity contribution in [2.45, 2.75) is 0 Å². The van der Waals surface area contributed by atoms with E-state index in [1.807, 2.05) is 30.3 Å². The van der Waals surface area contributed by atoms with E-state index >= 15 is 0 Å². The molecule has 2 aromatic heterocycles. The zero-order chi connectivity index (χ0) is 21.8. The Morgan fingerprint density at radius 2 is 1.87 bits per heavy atom. The van der Waals surface area contributed by atoms with Gasteiger partial charge in [-0.1, -0.05) is 46.7 Å². The number of nitrogens with one attached hydrogen (secondary N) is 2. The van der Waals surface area contributed by atoms with Gasteiger partial charge in [0.15, 0.2) is 0 Å². The molecule has 2 heterocycles. The number of hydrogen-bond donors (Lipinski definition) is 2. The Morgan fingerprint density at radius 1 is 1.06 bits per heavy atom. The lowest BCUT2D eigenvalue weighted by Crippen LogP contribution is -2.05. The van der Waals surface area contributed by atoms with Crippen molar-refractivity contribution in [3.63, 3.8) is 0 Å². The number of amides is 1. The van der Waals surface area contributed by atoms with E-state index in [4.69, 9.17) is 27.9 Å². The molecule has 0 aliphatic rings. The zero-order valence-electron chi connectivity index (χ0n) is 16.2. The Hall–Kier alpha value is -3.13. The molecule has 31 heavy (non-hydrogen) atoms. The number of ether oxygens (including phenoxy) is 1.